The van der Waals surface area contributed by atoms with Gasteiger partial charge in [-0.25, -0.2) is 9.59 Å². The molecular formula is C27H47N3O6. The van der Waals surface area contributed by atoms with Gasteiger partial charge in [-0.3, -0.25) is 14.6 Å². The molecule has 2 aliphatic heterocycles. The number of cyclic esters (lactones) is 1. The summed E-state index contributed by atoms with van der Waals surface area (Å²) in [5, 5.41) is 0. The zero-order chi connectivity index (χ0) is 26.7. The molecule has 1 aliphatic carbocycles. The van der Waals surface area contributed by atoms with E-state index in [4.69, 9.17) is 14.2 Å². The van der Waals surface area contributed by atoms with E-state index in [9.17, 15) is 14.4 Å². The molecule has 3 aliphatic rings. The highest BCUT2D eigenvalue weighted by Crippen LogP contribution is 2.46. The van der Waals surface area contributed by atoms with Gasteiger partial charge in [-0.15, -0.1) is 0 Å². The maximum Gasteiger partial charge on any atom is 0.412 e. The van der Waals surface area contributed by atoms with E-state index in [0.29, 0.717) is 19.0 Å². The lowest BCUT2D eigenvalue weighted by atomic mass is 9.81. The van der Waals surface area contributed by atoms with Gasteiger partial charge in [0.2, 0.25) is 6.41 Å². The minimum absolute atomic E-state index is 0.00615. The first-order valence-corrected chi connectivity index (χ1v) is 13.8. The third-order valence-corrected chi connectivity index (χ3v) is 7.81. The van der Waals surface area contributed by atoms with E-state index < -0.39 is 35.3 Å². The van der Waals surface area contributed by atoms with Crippen LogP contribution in [0.2, 0.25) is 0 Å². The molecule has 36 heavy (non-hydrogen) atoms. The summed E-state index contributed by atoms with van der Waals surface area (Å²) >= 11 is 0. The molecule has 0 aromatic carbocycles. The molecule has 3 rings (SSSR count). The topological polar surface area (TPSA) is 88.6 Å². The molecule has 3 atom stereocenters. The van der Waals surface area contributed by atoms with Crippen molar-refractivity contribution >= 4 is 18.6 Å². The lowest BCUT2D eigenvalue weighted by Crippen LogP contribution is -2.69. The van der Waals surface area contributed by atoms with Gasteiger partial charge in [-0.2, -0.15) is 0 Å². The van der Waals surface area contributed by atoms with E-state index in [-0.39, 0.29) is 12.6 Å². The standard InChI is InChI=1S/C27H47N3O6/c1-8-10-16-28(19-31)27(18-34-23(32)29(27)9-2)22-21(17-20-14-12-11-13-15-20)30(26(6,7)35-22)24(33)36-25(3,4)5/h19-22H,8-18H2,1-7H3/t21-,22+,27+/m0/s1. The molecule has 3 amide bonds. The van der Waals surface area contributed by atoms with E-state index in [1.165, 1.54) is 19.3 Å². The van der Waals surface area contributed by atoms with Gasteiger partial charge in [0.25, 0.3) is 0 Å². The van der Waals surface area contributed by atoms with Gasteiger partial charge < -0.3 is 19.1 Å². The fourth-order valence-electron chi connectivity index (χ4n) is 6.23. The minimum Gasteiger partial charge on any atom is -0.445 e. The Morgan fingerprint density at radius 2 is 1.86 bits per heavy atom. The fraction of sp³-hybridized carbons (Fsp3) is 0.889. The highest BCUT2D eigenvalue weighted by atomic mass is 16.6. The van der Waals surface area contributed by atoms with Crippen molar-refractivity contribution in [2.45, 2.75) is 129 Å². The lowest BCUT2D eigenvalue weighted by molar-refractivity contribution is -0.162. The number of amides is 3. The third kappa shape index (κ3) is 5.60. The summed E-state index contributed by atoms with van der Waals surface area (Å²) in [7, 11) is 0. The van der Waals surface area contributed by atoms with Gasteiger partial charge in [0.05, 0.1) is 6.04 Å². The van der Waals surface area contributed by atoms with Crippen LogP contribution < -0.4 is 0 Å². The van der Waals surface area contributed by atoms with Crippen LogP contribution in [-0.2, 0) is 19.0 Å². The van der Waals surface area contributed by atoms with Gasteiger partial charge in [0.1, 0.15) is 24.0 Å². The van der Waals surface area contributed by atoms with Crippen molar-refractivity contribution in [1.29, 1.82) is 0 Å². The summed E-state index contributed by atoms with van der Waals surface area (Å²) in [5.41, 5.74) is -2.81. The van der Waals surface area contributed by atoms with Crippen molar-refractivity contribution in [1.82, 2.24) is 14.7 Å². The second-order valence-electron chi connectivity index (χ2n) is 12.0. The molecule has 9 heteroatoms. The van der Waals surface area contributed by atoms with Gasteiger partial charge >= 0.3 is 12.2 Å². The lowest BCUT2D eigenvalue weighted by Gasteiger charge is -2.47. The van der Waals surface area contributed by atoms with E-state index in [0.717, 1.165) is 38.5 Å². The maximum absolute atomic E-state index is 13.6. The number of ether oxygens (including phenoxy) is 3. The third-order valence-electron chi connectivity index (χ3n) is 7.81. The molecule has 3 fully saturated rings. The summed E-state index contributed by atoms with van der Waals surface area (Å²) in [5.74, 6) is 0.430. The Bertz CT molecular complexity index is 791. The zero-order valence-corrected chi connectivity index (χ0v) is 23.4. The van der Waals surface area contributed by atoms with Crippen molar-refractivity contribution in [3.63, 3.8) is 0 Å². The molecule has 1 saturated carbocycles. The van der Waals surface area contributed by atoms with Crippen LogP contribution in [0.5, 0.6) is 0 Å². The molecule has 0 N–H and O–H groups in total. The highest BCUT2D eigenvalue weighted by molar-refractivity contribution is 5.73. The van der Waals surface area contributed by atoms with E-state index >= 15 is 0 Å². The Hall–Kier alpha value is -2.03. The summed E-state index contributed by atoms with van der Waals surface area (Å²) < 4.78 is 18.2. The molecule has 0 spiro atoms. The van der Waals surface area contributed by atoms with Crippen molar-refractivity contribution in [3.8, 4) is 0 Å². The number of hydrogen-bond acceptors (Lipinski definition) is 6. The number of likely N-dealkylation sites (N-methyl/N-ethyl adjacent to an activating group) is 1. The number of hydrogen-bond donors (Lipinski definition) is 0. The molecule has 2 heterocycles. The maximum atomic E-state index is 13.6. The Morgan fingerprint density at radius 3 is 2.42 bits per heavy atom. The number of carbonyl (C=O) groups is 3. The van der Waals surface area contributed by atoms with Crippen LogP contribution in [-0.4, -0.2) is 82.1 Å². The van der Waals surface area contributed by atoms with E-state index in [2.05, 4.69) is 6.92 Å². The molecule has 206 valence electrons. The normalized spacial score (nSPS) is 28.8. The van der Waals surface area contributed by atoms with Crippen LogP contribution in [0.25, 0.3) is 0 Å². The molecule has 2 saturated heterocycles. The number of rotatable bonds is 9. The number of carbonyl (C=O) groups excluding carboxylic acids is 3. The molecule has 0 aromatic rings. The first-order chi connectivity index (χ1) is 16.9. The summed E-state index contributed by atoms with van der Waals surface area (Å²) in [4.78, 5) is 44.2. The first kappa shape index (κ1) is 28.5. The SMILES string of the molecule is CCCCN(C=O)[C@]1([C@@H]2OC(C)(C)N(C(=O)OC(C)(C)C)[C@H]2CC2CCCCC2)COC(=O)N1CC. The largest absolute Gasteiger partial charge is 0.445 e. The first-order valence-electron chi connectivity index (χ1n) is 13.8. The monoisotopic (exact) mass is 509 g/mol. The highest BCUT2D eigenvalue weighted by Gasteiger charge is 2.65. The molecular weight excluding hydrogens is 462 g/mol. The van der Waals surface area contributed by atoms with Crippen LogP contribution in [0, 0.1) is 5.92 Å². The summed E-state index contributed by atoms with van der Waals surface area (Å²) in [6.07, 6.45) is 7.43. The molecule has 0 unspecified atom stereocenters. The Balaban J connectivity index is 2.11. The van der Waals surface area contributed by atoms with Crippen LogP contribution in [0.15, 0.2) is 0 Å². The van der Waals surface area contributed by atoms with Gasteiger partial charge in [0.15, 0.2) is 5.66 Å². The minimum atomic E-state index is -1.14. The van der Waals surface area contributed by atoms with Crippen molar-refractivity contribution in [3.05, 3.63) is 0 Å². The second-order valence-corrected chi connectivity index (χ2v) is 12.0. The molecule has 0 aromatic heterocycles. The summed E-state index contributed by atoms with van der Waals surface area (Å²) in [6, 6.07) is -0.384. The second kappa shape index (κ2) is 11.2. The Kier molecular flexibility index (Phi) is 8.84. The van der Waals surface area contributed by atoms with Crippen LogP contribution in [0.3, 0.4) is 0 Å². The molecule has 0 bridgehead atoms. The Morgan fingerprint density at radius 1 is 1.19 bits per heavy atom. The van der Waals surface area contributed by atoms with E-state index in [1.807, 2.05) is 41.5 Å². The molecule has 0 radical (unpaired) electrons. The van der Waals surface area contributed by atoms with Crippen LogP contribution in [0.4, 0.5) is 9.59 Å². The van der Waals surface area contributed by atoms with Crippen molar-refractivity contribution in [2.24, 2.45) is 5.92 Å². The number of nitrogens with zero attached hydrogens (tertiary/aromatic N) is 3. The van der Waals surface area contributed by atoms with Crippen molar-refractivity contribution < 1.29 is 28.6 Å². The average molecular weight is 510 g/mol. The van der Waals surface area contributed by atoms with Gasteiger partial charge in [0, 0.05) is 13.1 Å². The predicted octanol–water partition coefficient (Wildman–Crippen LogP) is 5.12. The Labute approximate surface area is 216 Å². The fourth-order valence-corrected chi connectivity index (χ4v) is 6.23. The summed E-state index contributed by atoms with van der Waals surface area (Å²) in [6.45, 7) is 14.1. The predicted molar refractivity (Wildman–Crippen MR) is 136 cm³/mol. The van der Waals surface area contributed by atoms with E-state index in [1.54, 1.807) is 14.7 Å². The van der Waals surface area contributed by atoms with Crippen molar-refractivity contribution in [2.75, 3.05) is 19.7 Å². The smallest absolute Gasteiger partial charge is 0.412 e. The van der Waals surface area contributed by atoms with Crippen LogP contribution >= 0.6 is 0 Å². The van der Waals surface area contributed by atoms with Crippen LogP contribution in [0.1, 0.15) is 99.8 Å². The zero-order valence-electron chi connectivity index (χ0n) is 23.4. The number of unbranched alkanes of at least 4 members (excludes halogenated alkanes) is 1. The van der Waals surface area contributed by atoms with Gasteiger partial charge in [-0.05, 0) is 60.3 Å². The van der Waals surface area contributed by atoms with Gasteiger partial charge in [-0.1, -0.05) is 45.4 Å². The molecule has 9 nitrogen and oxygen atoms in total. The average Bonchev–Trinajstić information content (AvgIpc) is 3.27. The quantitative estimate of drug-likeness (QED) is 0.401.